The Labute approximate surface area is 96.5 Å². The fourth-order valence-corrected chi connectivity index (χ4v) is 2.10. The summed E-state index contributed by atoms with van der Waals surface area (Å²) in [4.78, 5) is 13.8. The number of benzene rings is 1. The molecule has 16 heavy (non-hydrogen) atoms. The highest BCUT2D eigenvalue weighted by Gasteiger charge is 2.36. The van der Waals surface area contributed by atoms with E-state index in [9.17, 15) is 4.79 Å². The third kappa shape index (κ3) is 1.47. The van der Waals surface area contributed by atoms with Gasteiger partial charge in [-0.25, -0.2) is 0 Å². The number of fused-ring (bicyclic) bond motifs is 1. The summed E-state index contributed by atoms with van der Waals surface area (Å²) in [7, 11) is 1.83. The van der Waals surface area contributed by atoms with E-state index < -0.39 is 5.54 Å². The minimum absolute atomic E-state index is 0.100. The summed E-state index contributed by atoms with van der Waals surface area (Å²) >= 11 is 0. The molecule has 0 bridgehead atoms. The topological polar surface area (TPSA) is 32.3 Å². The summed E-state index contributed by atoms with van der Waals surface area (Å²) < 4.78 is 0. The van der Waals surface area contributed by atoms with Gasteiger partial charge in [0.1, 0.15) is 5.54 Å². The van der Waals surface area contributed by atoms with Crippen molar-refractivity contribution >= 4 is 17.3 Å². The van der Waals surface area contributed by atoms with Gasteiger partial charge in [-0.05, 0) is 51.0 Å². The smallest absolute Gasteiger partial charge is 0.251 e. The standard InChI is InChI=1S/C13H18N2O/c1-8-6-10-11(7-9(8)2)15(5)12(16)13(3,4)14-10/h6-7,14H,1-5H3. The molecule has 0 spiro atoms. The van der Waals surface area contributed by atoms with Crippen molar-refractivity contribution in [3.05, 3.63) is 23.3 Å². The molecule has 0 unspecified atom stereocenters. The molecule has 0 atom stereocenters. The van der Waals surface area contributed by atoms with Crippen molar-refractivity contribution in [1.82, 2.24) is 0 Å². The lowest BCUT2D eigenvalue weighted by Gasteiger charge is -2.38. The van der Waals surface area contributed by atoms with Gasteiger partial charge in [-0.1, -0.05) is 0 Å². The molecular formula is C13H18N2O. The van der Waals surface area contributed by atoms with Crippen LogP contribution in [0.3, 0.4) is 0 Å². The molecule has 2 rings (SSSR count). The van der Waals surface area contributed by atoms with Crippen molar-refractivity contribution in [2.45, 2.75) is 33.2 Å². The molecule has 3 heteroatoms. The van der Waals surface area contributed by atoms with Crippen molar-refractivity contribution in [3.8, 4) is 0 Å². The lowest BCUT2D eigenvalue weighted by molar-refractivity contribution is -0.121. The van der Waals surface area contributed by atoms with E-state index in [-0.39, 0.29) is 5.91 Å². The van der Waals surface area contributed by atoms with Crippen LogP contribution < -0.4 is 10.2 Å². The zero-order chi connectivity index (χ0) is 12.1. The van der Waals surface area contributed by atoms with Crippen LogP contribution in [0.15, 0.2) is 12.1 Å². The van der Waals surface area contributed by atoms with Crippen LogP contribution in [0.5, 0.6) is 0 Å². The molecule has 0 saturated carbocycles. The molecule has 0 saturated heterocycles. The molecule has 0 fully saturated rings. The first-order valence-electron chi connectivity index (χ1n) is 5.50. The first-order chi connectivity index (χ1) is 7.33. The molecule has 1 N–H and O–H groups in total. The molecule has 1 aromatic rings. The lowest BCUT2D eigenvalue weighted by Crippen LogP contribution is -2.52. The number of anilines is 2. The highest BCUT2D eigenvalue weighted by Crippen LogP contribution is 2.36. The highest BCUT2D eigenvalue weighted by atomic mass is 16.2. The number of carbonyl (C=O) groups is 1. The molecule has 3 nitrogen and oxygen atoms in total. The Balaban J connectivity index is 2.60. The SMILES string of the molecule is Cc1cc2c(cc1C)N(C)C(=O)C(C)(C)N2. The number of carbonyl (C=O) groups excluding carboxylic acids is 1. The van der Waals surface area contributed by atoms with Crippen molar-refractivity contribution in [2.75, 3.05) is 17.3 Å². The molecule has 1 aliphatic heterocycles. The Kier molecular flexibility index (Phi) is 2.22. The number of hydrogen-bond acceptors (Lipinski definition) is 2. The van der Waals surface area contributed by atoms with Crippen molar-refractivity contribution < 1.29 is 4.79 Å². The predicted octanol–water partition coefficient (Wildman–Crippen LogP) is 2.47. The van der Waals surface area contributed by atoms with E-state index in [1.807, 2.05) is 20.9 Å². The van der Waals surface area contributed by atoms with Crippen molar-refractivity contribution in [1.29, 1.82) is 0 Å². The number of likely N-dealkylation sites (N-methyl/N-ethyl adjacent to an activating group) is 1. The van der Waals surface area contributed by atoms with E-state index in [0.717, 1.165) is 11.4 Å². The number of rotatable bonds is 0. The van der Waals surface area contributed by atoms with E-state index in [1.54, 1.807) is 4.90 Å². The van der Waals surface area contributed by atoms with Crippen molar-refractivity contribution in [3.63, 3.8) is 0 Å². The summed E-state index contributed by atoms with van der Waals surface area (Å²) in [5.74, 6) is 0.100. The van der Waals surface area contributed by atoms with E-state index in [4.69, 9.17) is 0 Å². The second kappa shape index (κ2) is 3.24. The number of nitrogens with zero attached hydrogens (tertiary/aromatic N) is 1. The van der Waals surface area contributed by atoms with Crippen LogP contribution >= 0.6 is 0 Å². The van der Waals surface area contributed by atoms with Crippen molar-refractivity contribution in [2.24, 2.45) is 0 Å². The van der Waals surface area contributed by atoms with Gasteiger partial charge in [0.25, 0.3) is 5.91 Å². The third-order valence-corrected chi connectivity index (χ3v) is 3.26. The Bertz CT molecular complexity index is 463. The summed E-state index contributed by atoms with van der Waals surface area (Å²) in [5, 5.41) is 3.29. The maximum Gasteiger partial charge on any atom is 0.251 e. The molecule has 0 aliphatic carbocycles. The lowest BCUT2D eigenvalue weighted by atomic mass is 9.96. The number of nitrogens with one attached hydrogen (secondary N) is 1. The Morgan fingerprint density at radius 2 is 1.75 bits per heavy atom. The molecule has 1 aromatic carbocycles. The van der Waals surface area contributed by atoms with Crippen LogP contribution in [0.1, 0.15) is 25.0 Å². The van der Waals surface area contributed by atoms with Gasteiger partial charge in [0.05, 0.1) is 11.4 Å². The molecular weight excluding hydrogens is 200 g/mol. The summed E-state index contributed by atoms with van der Waals surface area (Å²) in [5.41, 5.74) is 3.93. The molecule has 0 radical (unpaired) electrons. The molecule has 1 aliphatic rings. The zero-order valence-electron chi connectivity index (χ0n) is 10.5. The van der Waals surface area contributed by atoms with Crippen LogP contribution in [0.25, 0.3) is 0 Å². The maximum atomic E-state index is 12.1. The fourth-order valence-electron chi connectivity index (χ4n) is 2.10. The summed E-state index contributed by atoms with van der Waals surface area (Å²) in [6, 6.07) is 4.17. The number of hydrogen-bond donors (Lipinski definition) is 1. The monoisotopic (exact) mass is 218 g/mol. The van der Waals surface area contributed by atoms with Crippen LogP contribution in [-0.4, -0.2) is 18.5 Å². The predicted molar refractivity (Wildman–Crippen MR) is 67.0 cm³/mol. The number of amides is 1. The first kappa shape index (κ1) is 11.0. The second-order valence-electron chi connectivity index (χ2n) is 5.07. The van der Waals surface area contributed by atoms with Gasteiger partial charge in [-0.3, -0.25) is 4.79 Å². The normalized spacial score (nSPS) is 18.1. The van der Waals surface area contributed by atoms with Crippen LogP contribution in [0, 0.1) is 13.8 Å². The average molecular weight is 218 g/mol. The first-order valence-corrected chi connectivity index (χ1v) is 5.50. The van der Waals surface area contributed by atoms with Crippen LogP contribution in [0.2, 0.25) is 0 Å². The van der Waals surface area contributed by atoms with Gasteiger partial charge in [-0.2, -0.15) is 0 Å². The van der Waals surface area contributed by atoms with Crippen LogP contribution in [0.4, 0.5) is 11.4 Å². The fraction of sp³-hybridized carbons (Fsp3) is 0.462. The highest BCUT2D eigenvalue weighted by molar-refractivity contribution is 6.07. The second-order valence-corrected chi connectivity index (χ2v) is 5.07. The van der Waals surface area contributed by atoms with E-state index in [0.29, 0.717) is 0 Å². The zero-order valence-corrected chi connectivity index (χ0v) is 10.5. The minimum Gasteiger partial charge on any atom is -0.370 e. The third-order valence-electron chi connectivity index (χ3n) is 3.26. The quantitative estimate of drug-likeness (QED) is 0.725. The Hall–Kier alpha value is -1.51. The molecule has 1 amide bonds. The minimum atomic E-state index is -0.524. The van der Waals surface area contributed by atoms with Gasteiger partial charge in [0, 0.05) is 7.05 Å². The van der Waals surface area contributed by atoms with Crippen LogP contribution in [-0.2, 0) is 4.79 Å². The molecule has 86 valence electrons. The van der Waals surface area contributed by atoms with E-state index >= 15 is 0 Å². The average Bonchev–Trinajstić information content (AvgIpc) is 2.18. The Morgan fingerprint density at radius 3 is 2.38 bits per heavy atom. The largest absolute Gasteiger partial charge is 0.370 e. The van der Waals surface area contributed by atoms with Gasteiger partial charge < -0.3 is 10.2 Å². The summed E-state index contributed by atoms with van der Waals surface area (Å²) in [6.45, 7) is 7.96. The van der Waals surface area contributed by atoms with Gasteiger partial charge in [-0.15, -0.1) is 0 Å². The molecule has 0 aromatic heterocycles. The maximum absolute atomic E-state index is 12.1. The number of aryl methyl sites for hydroxylation is 2. The van der Waals surface area contributed by atoms with Gasteiger partial charge in [0.2, 0.25) is 0 Å². The molecule has 1 heterocycles. The van der Waals surface area contributed by atoms with E-state index in [1.165, 1.54) is 11.1 Å². The van der Waals surface area contributed by atoms with Gasteiger partial charge in [0.15, 0.2) is 0 Å². The van der Waals surface area contributed by atoms with E-state index in [2.05, 4.69) is 31.3 Å². The summed E-state index contributed by atoms with van der Waals surface area (Å²) in [6.07, 6.45) is 0. The van der Waals surface area contributed by atoms with Gasteiger partial charge >= 0.3 is 0 Å². The Morgan fingerprint density at radius 1 is 1.19 bits per heavy atom.